The van der Waals surface area contributed by atoms with Crippen molar-refractivity contribution in [3.8, 4) is 67.9 Å². The van der Waals surface area contributed by atoms with Gasteiger partial charge < -0.3 is 4.42 Å². The third kappa shape index (κ3) is 5.39. The molecule has 0 amide bonds. The Bertz CT molecular complexity index is 2510. The van der Waals surface area contributed by atoms with Gasteiger partial charge in [-0.2, -0.15) is 0 Å². The number of hydrogen-bond acceptors (Lipinski definition) is 7. The zero-order valence-electron chi connectivity index (χ0n) is 26.1. The van der Waals surface area contributed by atoms with Crippen LogP contribution >= 0.6 is 0 Å². The number of nitrogens with zero attached hydrogens (tertiary/aromatic N) is 6. The van der Waals surface area contributed by atoms with Gasteiger partial charge in [0.2, 0.25) is 5.71 Å². The minimum atomic E-state index is 0.522. The first-order valence-electron chi connectivity index (χ1n) is 16.0. The second-order valence-electron chi connectivity index (χ2n) is 11.6. The molecule has 0 saturated heterocycles. The number of furan rings is 1. The zero-order chi connectivity index (χ0) is 32.6. The van der Waals surface area contributed by atoms with Crippen LogP contribution < -0.4 is 0 Å². The molecule has 0 aliphatic carbocycles. The Balaban J connectivity index is 1.15. The Hall–Kier alpha value is -6.86. The Labute approximate surface area is 281 Å². The highest BCUT2D eigenvalue weighted by molar-refractivity contribution is 6.06. The SMILES string of the molecule is c1ccc(-c2ccc(-c3nc(-c4ccc(-c5nc(-c6ccccc6)nc(-c6ccccc6)n5)cc4)c4oc5ncccc5c4n3)cc2)cc1. The third-order valence-corrected chi connectivity index (χ3v) is 8.46. The van der Waals surface area contributed by atoms with Crippen LogP contribution in [0.25, 0.3) is 90.1 Å². The summed E-state index contributed by atoms with van der Waals surface area (Å²) in [6.07, 6.45) is 1.72. The van der Waals surface area contributed by atoms with Crippen LogP contribution in [0.3, 0.4) is 0 Å². The van der Waals surface area contributed by atoms with Gasteiger partial charge >= 0.3 is 0 Å². The lowest BCUT2D eigenvalue weighted by Gasteiger charge is -2.10. The fraction of sp³-hybridized carbons (Fsp3) is 0. The molecule has 0 aliphatic heterocycles. The summed E-state index contributed by atoms with van der Waals surface area (Å²) in [5, 5.41) is 0.840. The molecule has 7 nitrogen and oxygen atoms in total. The van der Waals surface area contributed by atoms with Gasteiger partial charge in [-0.15, -0.1) is 0 Å². The van der Waals surface area contributed by atoms with E-state index < -0.39 is 0 Å². The predicted octanol–water partition coefficient (Wildman–Crippen LogP) is 9.96. The van der Waals surface area contributed by atoms with E-state index in [-0.39, 0.29) is 0 Å². The van der Waals surface area contributed by atoms with Crippen molar-refractivity contribution in [2.24, 2.45) is 0 Å². The van der Waals surface area contributed by atoms with Crippen molar-refractivity contribution in [1.82, 2.24) is 29.9 Å². The Morgan fingerprint density at radius 3 is 1.33 bits per heavy atom. The number of benzene rings is 5. The molecule has 49 heavy (non-hydrogen) atoms. The first-order chi connectivity index (χ1) is 24.3. The van der Waals surface area contributed by atoms with Crippen molar-refractivity contribution in [1.29, 1.82) is 0 Å². The summed E-state index contributed by atoms with van der Waals surface area (Å²) in [7, 11) is 0. The smallest absolute Gasteiger partial charge is 0.229 e. The number of hydrogen-bond donors (Lipinski definition) is 0. The molecule has 0 unspecified atom stereocenters. The molecule has 230 valence electrons. The van der Waals surface area contributed by atoms with Crippen molar-refractivity contribution >= 4 is 22.2 Å². The lowest BCUT2D eigenvalue weighted by Crippen LogP contribution is -2.00. The molecule has 0 fully saturated rings. The summed E-state index contributed by atoms with van der Waals surface area (Å²) in [5.41, 5.74) is 9.27. The normalized spacial score (nSPS) is 11.3. The maximum absolute atomic E-state index is 6.28. The van der Waals surface area contributed by atoms with Crippen LogP contribution in [0, 0.1) is 0 Å². The van der Waals surface area contributed by atoms with E-state index in [1.807, 2.05) is 115 Å². The molecule has 0 atom stereocenters. The van der Waals surface area contributed by atoms with E-state index in [4.69, 9.17) is 29.3 Å². The van der Waals surface area contributed by atoms with E-state index >= 15 is 0 Å². The molecule has 7 heteroatoms. The van der Waals surface area contributed by atoms with Crippen LogP contribution in [-0.4, -0.2) is 29.9 Å². The average Bonchev–Trinajstić information content (AvgIpc) is 3.57. The van der Waals surface area contributed by atoms with Crippen molar-refractivity contribution in [2.75, 3.05) is 0 Å². The lowest BCUT2D eigenvalue weighted by molar-refractivity contribution is 0.652. The number of fused-ring (bicyclic) bond motifs is 3. The lowest BCUT2D eigenvalue weighted by atomic mass is 10.0. The molecule has 0 saturated carbocycles. The summed E-state index contributed by atoms with van der Waals surface area (Å²) in [6.45, 7) is 0. The van der Waals surface area contributed by atoms with Gasteiger partial charge in [0.25, 0.3) is 0 Å². The molecule has 0 N–H and O–H groups in total. The summed E-state index contributed by atoms with van der Waals surface area (Å²) >= 11 is 0. The van der Waals surface area contributed by atoms with Gasteiger partial charge in [-0.1, -0.05) is 140 Å². The standard InChI is InChI=1S/C42H26N6O/c1-4-11-27(12-5-1)28-18-22-32(23-19-28)38-44-35(37-36(45-38)34-17-10-26-43-42(34)49-37)29-20-24-33(25-21-29)41-47-39(30-13-6-2-7-14-30)46-40(48-41)31-15-8-3-9-16-31/h1-26H. The number of aromatic nitrogens is 6. The molecule has 5 aromatic carbocycles. The Morgan fingerprint density at radius 2 is 0.776 bits per heavy atom. The van der Waals surface area contributed by atoms with E-state index in [2.05, 4.69) is 41.4 Å². The van der Waals surface area contributed by atoms with Gasteiger partial charge in [0.1, 0.15) is 11.2 Å². The number of pyridine rings is 1. The minimum absolute atomic E-state index is 0.522. The summed E-state index contributed by atoms with van der Waals surface area (Å²) in [5.74, 6) is 2.42. The molecular weight excluding hydrogens is 605 g/mol. The van der Waals surface area contributed by atoms with Crippen LogP contribution in [0.4, 0.5) is 0 Å². The maximum Gasteiger partial charge on any atom is 0.229 e. The fourth-order valence-electron chi connectivity index (χ4n) is 5.96. The second kappa shape index (κ2) is 12.1. The first-order valence-corrected chi connectivity index (χ1v) is 16.0. The van der Waals surface area contributed by atoms with Crippen molar-refractivity contribution in [3.05, 3.63) is 158 Å². The van der Waals surface area contributed by atoms with Crippen molar-refractivity contribution in [3.63, 3.8) is 0 Å². The Kier molecular flexibility index (Phi) is 6.98. The van der Waals surface area contributed by atoms with Gasteiger partial charge in [0.15, 0.2) is 28.9 Å². The van der Waals surface area contributed by atoms with Crippen molar-refractivity contribution in [2.45, 2.75) is 0 Å². The topological polar surface area (TPSA) is 90.5 Å². The van der Waals surface area contributed by atoms with E-state index in [0.29, 0.717) is 40.3 Å². The third-order valence-electron chi connectivity index (χ3n) is 8.46. The predicted molar refractivity (Wildman–Crippen MR) is 193 cm³/mol. The fourth-order valence-corrected chi connectivity index (χ4v) is 5.96. The molecule has 4 aromatic heterocycles. The summed E-state index contributed by atoms with van der Waals surface area (Å²) in [6, 6.07) is 50.5. The van der Waals surface area contributed by atoms with Crippen LogP contribution in [0.2, 0.25) is 0 Å². The van der Waals surface area contributed by atoms with Gasteiger partial charge in [-0.3, -0.25) is 0 Å². The second-order valence-corrected chi connectivity index (χ2v) is 11.6. The van der Waals surface area contributed by atoms with Gasteiger partial charge in [-0.05, 0) is 23.3 Å². The first kappa shape index (κ1) is 28.4. The van der Waals surface area contributed by atoms with Gasteiger partial charge in [0, 0.05) is 34.0 Å². The van der Waals surface area contributed by atoms with Crippen LogP contribution in [-0.2, 0) is 0 Å². The highest BCUT2D eigenvalue weighted by Crippen LogP contribution is 2.36. The molecule has 0 radical (unpaired) electrons. The van der Waals surface area contributed by atoms with Crippen LogP contribution in [0.15, 0.2) is 162 Å². The Morgan fingerprint density at radius 1 is 0.347 bits per heavy atom. The van der Waals surface area contributed by atoms with E-state index in [1.165, 1.54) is 0 Å². The molecule has 9 aromatic rings. The van der Waals surface area contributed by atoms with Crippen LogP contribution in [0.5, 0.6) is 0 Å². The summed E-state index contributed by atoms with van der Waals surface area (Å²) < 4.78 is 6.28. The highest BCUT2D eigenvalue weighted by Gasteiger charge is 2.19. The molecular formula is C42H26N6O. The van der Waals surface area contributed by atoms with E-state index in [0.717, 1.165) is 49.8 Å². The molecule has 0 aliphatic rings. The monoisotopic (exact) mass is 630 g/mol. The summed E-state index contributed by atoms with van der Waals surface area (Å²) in [4.78, 5) is 29.1. The molecule has 0 bridgehead atoms. The van der Waals surface area contributed by atoms with Gasteiger partial charge in [-0.25, -0.2) is 29.9 Å². The molecule has 4 heterocycles. The van der Waals surface area contributed by atoms with Crippen LogP contribution in [0.1, 0.15) is 0 Å². The largest absolute Gasteiger partial charge is 0.434 e. The van der Waals surface area contributed by atoms with E-state index in [1.54, 1.807) is 6.20 Å². The maximum atomic E-state index is 6.28. The zero-order valence-corrected chi connectivity index (χ0v) is 26.1. The highest BCUT2D eigenvalue weighted by atomic mass is 16.3. The molecule has 0 spiro atoms. The van der Waals surface area contributed by atoms with Crippen molar-refractivity contribution < 1.29 is 4.42 Å². The average molecular weight is 631 g/mol. The minimum Gasteiger partial charge on any atom is -0.434 e. The van der Waals surface area contributed by atoms with Gasteiger partial charge in [0.05, 0.1) is 5.39 Å². The number of rotatable bonds is 6. The molecule has 9 rings (SSSR count). The van der Waals surface area contributed by atoms with E-state index in [9.17, 15) is 0 Å². The quantitative estimate of drug-likeness (QED) is 0.181.